The molecule has 1 fully saturated rings. The lowest BCUT2D eigenvalue weighted by Crippen LogP contribution is -2.39. The molecule has 0 saturated carbocycles. The smallest absolute Gasteiger partial charge is 0.253 e. The zero-order chi connectivity index (χ0) is 18.6. The standard InChI is InChI=1S/C23H25N3O/c1-18-6-5-9-21(16-18)23(27)25-13-10-19(11-14-25)17-26-15-12-24-22(26)20-7-3-2-4-8-20/h2-9,12,15-16,19H,10-11,13-14,17H2,1H3. The Labute approximate surface area is 160 Å². The monoisotopic (exact) mass is 359 g/mol. The molecule has 0 spiro atoms. The molecule has 2 heterocycles. The molecule has 1 aromatic heterocycles. The van der Waals surface area contributed by atoms with Gasteiger partial charge in [-0.3, -0.25) is 4.79 Å². The zero-order valence-corrected chi connectivity index (χ0v) is 15.7. The molecule has 0 N–H and O–H groups in total. The van der Waals surface area contributed by atoms with E-state index in [1.54, 1.807) is 0 Å². The van der Waals surface area contributed by atoms with E-state index >= 15 is 0 Å². The van der Waals surface area contributed by atoms with Crippen LogP contribution < -0.4 is 0 Å². The van der Waals surface area contributed by atoms with E-state index in [9.17, 15) is 4.79 Å². The number of likely N-dealkylation sites (tertiary alicyclic amines) is 1. The van der Waals surface area contributed by atoms with E-state index in [-0.39, 0.29) is 5.91 Å². The van der Waals surface area contributed by atoms with Gasteiger partial charge in [-0.15, -0.1) is 0 Å². The fourth-order valence-corrected chi connectivity index (χ4v) is 3.86. The molecule has 1 saturated heterocycles. The SMILES string of the molecule is Cc1cccc(C(=O)N2CCC(Cn3ccnc3-c3ccccc3)CC2)c1. The molecule has 2 aromatic carbocycles. The number of aromatic nitrogens is 2. The topological polar surface area (TPSA) is 38.1 Å². The number of rotatable bonds is 4. The van der Waals surface area contributed by atoms with E-state index in [0.717, 1.165) is 55.0 Å². The van der Waals surface area contributed by atoms with Gasteiger partial charge in [0.1, 0.15) is 5.82 Å². The Morgan fingerprint density at radius 2 is 1.85 bits per heavy atom. The van der Waals surface area contributed by atoms with Crippen LogP contribution in [0.25, 0.3) is 11.4 Å². The number of hydrogen-bond acceptors (Lipinski definition) is 2. The number of hydrogen-bond donors (Lipinski definition) is 0. The number of benzene rings is 2. The van der Waals surface area contributed by atoms with Crippen LogP contribution in [0.15, 0.2) is 67.0 Å². The summed E-state index contributed by atoms with van der Waals surface area (Å²) < 4.78 is 2.25. The number of carbonyl (C=O) groups is 1. The first kappa shape index (κ1) is 17.5. The van der Waals surface area contributed by atoms with Gasteiger partial charge < -0.3 is 9.47 Å². The molecule has 0 aliphatic carbocycles. The van der Waals surface area contributed by atoms with Crippen LogP contribution in [-0.2, 0) is 6.54 Å². The highest BCUT2D eigenvalue weighted by Crippen LogP contribution is 2.24. The Morgan fingerprint density at radius 3 is 2.59 bits per heavy atom. The van der Waals surface area contributed by atoms with E-state index in [1.807, 2.05) is 60.5 Å². The molecule has 4 nitrogen and oxygen atoms in total. The Hall–Kier alpha value is -2.88. The van der Waals surface area contributed by atoms with Gasteiger partial charge >= 0.3 is 0 Å². The molecule has 0 unspecified atom stereocenters. The highest BCUT2D eigenvalue weighted by atomic mass is 16.2. The fraction of sp³-hybridized carbons (Fsp3) is 0.304. The molecule has 4 rings (SSSR count). The van der Waals surface area contributed by atoms with Crippen molar-refractivity contribution < 1.29 is 4.79 Å². The third-order valence-electron chi connectivity index (χ3n) is 5.37. The lowest BCUT2D eigenvalue weighted by Gasteiger charge is -2.32. The third-order valence-corrected chi connectivity index (χ3v) is 5.37. The molecule has 27 heavy (non-hydrogen) atoms. The summed E-state index contributed by atoms with van der Waals surface area (Å²) in [6.07, 6.45) is 6.00. The average Bonchev–Trinajstić information content (AvgIpc) is 3.17. The van der Waals surface area contributed by atoms with E-state index in [1.165, 1.54) is 0 Å². The van der Waals surface area contributed by atoms with Crippen molar-refractivity contribution in [3.8, 4) is 11.4 Å². The average molecular weight is 359 g/mol. The molecular formula is C23H25N3O. The van der Waals surface area contributed by atoms with Gasteiger partial charge in [-0.2, -0.15) is 0 Å². The normalized spacial score (nSPS) is 15.1. The second-order valence-electron chi connectivity index (χ2n) is 7.37. The van der Waals surface area contributed by atoms with Crippen LogP contribution in [0.4, 0.5) is 0 Å². The molecule has 0 atom stereocenters. The zero-order valence-electron chi connectivity index (χ0n) is 15.7. The second-order valence-corrected chi connectivity index (χ2v) is 7.37. The number of piperidine rings is 1. The maximum Gasteiger partial charge on any atom is 0.253 e. The van der Waals surface area contributed by atoms with Gasteiger partial charge in [0.15, 0.2) is 0 Å². The van der Waals surface area contributed by atoms with Gasteiger partial charge in [-0.25, -0.2) is 4.98 Å². The molecule has 1 aliphatic rings. The van der Waals surface area contributed by atoms with Crippen molar-refractivity contribution in [2.75, 3.05) is 13.1 Å². The van der Waals surface area contributed by atoms with Crippen molar-refractivity contribution >= 4 is 5.91 Å². The first-order chi connectivity index (χ1) is 13.2. The third kappa shape index (κ3) is 3.95. The molecule has 138 valence electrons. The quantitative estimate of drug-likeness (QED) is 0.692. The number of amides is 1. The molecular weight excluding hydrogens is 334 g/mol. The molecule has 1 amide bonds. The van der Waals surface area contributed by atoms with Gasteiger partial charge in [0.2, 0.25) is 0 Å². The highest BCUT2D eigenvalue weighted by molar-refractivity contribution is 5.94. The minimum absolute atomic E-state index is 0.157. The molecule has 1 aliphatic heterocycles. The van der Waals surface area contributed by atoms with Crippen LogP contribution in [0.1, 0.15) is 28.8 Å². The Bertz CT molecular complexity index is 908. The molecule has 0 bridgehead atoms. The lowest BCUT2D eigenvalue weighted by atomic mass is 9.96. The molecule has 0 radical (unpaired) electrons. The van der Waals surface area contributed by atoms with Crippen molar-refractivity contribution in [2.45, 2.75) is 26.3 Å². The Balaban J connectivity index is 1.38. The van der Waals surface area contributed by atoms with Crippen molar-refractivity contribution in [2.24, 2.45) is 5.92 Å². The molecule has 4 heteroatoms. The second kappa shape index (κ2) is 7.78. The Morgan fingerprint density at radius 1 is 1.07 bits per heavy atom. The number of carbonyl (C=O) groups excluding carboxylic acids is 1. The van der Waals surface area contributed by atoms with Crippen molar-refractivity contribution in [1.82, 2.24) is 14.5 Å². The number of aryl methyl sites for hydroxylation is 1. The van der Waals surface area contributed by atoms with Crippen molar-refractivity contribution in [3.05, 3.63) is 78.1 Å². The van der Waals surface area contributed by atoms with Crippen molar-refractivity contribution in [3.63, 3.8) is 0 Å². The number of nitrogens with zero attached hydrogens (tertiary/aromatic N) is 3. The maximum absolute atomic E-state index is 12.7. The van der Waals surface area contributed by atoms with Crippen LogP contribution in [0.5, 0.6) is 0 Å². The highest BCUT2D eigenvalue weighted by Gasteiger charge is 2.24. The van der Waals surface area contributed by atoms with Gasteiger partial charge in [0.25, 0.3) is 5.91 Å². The van der Waals surface area contributed by atoms with Gasteiger partial charge in [-0.1, -0.05) is 48.0 Å². The van der Waals surface area contributed by atoms with Gasteiger partial charge in [0.05, 0.1) is 0 Å². The largest absolute Gasteiger partial charge is 0.339 e. The summed E-state index contributed by atoms with van der Waals surface area (Å²) >= 11 is 0. The lowest BCUT2D eigenvalue weighted by molar-refractivity contribution is 0.0683. The minimum Gasteiger partial charge on any atom is -0.339 e. The van der Waals surface area contributed by atoms with E-state index < -0.39 is 0 Å². The summed E-state index contributed by atoms with van der Waals surface area (Å²) in [6, 6.07) is 18.2. The van der Waals surface area contributed by atoms with Gasteiger partial charge in [-0.05, 0) is 37.8 Å². The Kier molecular flexibility index (Phi) is 5.05. The molecule has 3 aromatic rings. The van der Waals surface area contributed by atoms with Crippen LogP contribution in [0.3, 0.4) is 0 Å². The van der Waals surface area contributed by atoms with Crippen LogP contribution in [-0.4, -0.2) is 33.4 Å². The fourth-order valence-electron chi connectivity index (χ4n) is 3.86. The summed E-state index contributed by atoms with van der Waals surface area (Å²) in [5.74, 6) is 1.75. The summed E-state index contributed by atoms with van der Waals surface area (Å²) in [5, 5.41) is 0. The summed E-state index contributed by atoms with van der Waals surface area (Å²) in [6.45, 7) is 4.63. The first-order valence-corrected chi connectivity index (χ1v) is 9.63. The van der Waals surface area contributed by atoms with Gasteiger partial charge in [0, 0.05) is 43.2 Å². The predicted octanol–water partition coefficient (Wildman–Crippen LogP) is 4.41. The predicted molar refractivity (Wildman–Crippen MR) is 107 cm³/mol. The van der Waals surface area contributed by atoms with Crippen LogP contribution in [0, 0.1) is 12.8 Å². The summed E-state index contributed by atoms with van der Waals surface area (Å²) in [4.78, 5) is 19.3. The van der Waals surface area contributed by atoms with E-state index in [4.69, 9.17) is 0 Å². The first-order valence-electron chi connectivity index (χ1n) is 9.63. The van der Waals surface area contributed by atoms with E-state index in [2.05, 4.69) is 27.9 Å². The van der Waals surface area contributed by atoms with Crippen molar-refractivity contribution in [1.29, 1.82) is 0 Å². The van der Waals surface area contributed by atoms with E-state index in [0.29, 0.717) is 5.92 Å². The maximum atomic E-state index is 12.7. The number of imidazole rings is 1. The van der Waals surface area contributed by atoms with Crippen LogP contribution >= 0.6 is 0 Å². The summed E-state index contributed by atoms with van der Waals surface area (Å²) in [7, 11) is 0. The minimum atomic E-state index is 0.157. The summed E-state index contributed by atoms with van der Waals surface area (Å²) in [5.41, 5.74) is 3.08. The van der Waals surface area contributed by atoms with Crippen LogP contribution in [0.2, 0.25) is 0 Å².